The van der Waals surface area contributed by atoms with Crippen LogP contribution in [0.4, 0.5) is 5.69 Å². The van der Waals surface area contributed by atoms with E-state index in [-0.39, 0.29) is 23.3 Å². The lowest BCUT2D eigenvalue weighted by Gasteiger charge is -2.31. The minimum atomic E-state index is -3.67. The largest absolute Gasteiger partial charge is 0.326 e. The van der Waals surface area contributed by atoms with Gasteiger partial charge in [-0.15, -0.1) is 0 Å². The molecule has 1 amide bonds. The van der Waals surface area contributed by atoms with E-state index in [2.05, 4.69) is 9.69 Å². The van der Waals surface area contributed by atoms with E-state index in [4.69, 9.17) is 0 Å². The van der Waals surface area contributed by atoms with Crippen molar-refractivity contribution < 1.29 is 13.2 Å². The molecule has 0 bridgehead atoms. The van der Waals surface area contributed by atoms with E-state index < -0.39 is 10.0 Å². The molecule has 4 aromatic rings. The number of benzene rings is 3. The number of hydrogen-bond donors (Lipinski definition) is 1. The number of nitrogens with zero attached hydrogens (tertiary/aromatic N) is 2. The van der Waals surface area contributed by atoms with Crippen LogP contribution in [0.15, 0.2) is 71.8 Å². The number of nitrogens with one attached hydrogen (secondary N) is 1. The molecule has 1 aromatic heterocycles. The van der Waals surface area contributed by atoms with Gasteiger partial charge in [0.05, 0.1) is 15.5 Å². The van der Waals surface area contributed by atoms with Crippen molar-refractivity contribution in [3.8, 4) is 0 Å². The molecule has 0 radical (unpaired) electrons. The van der Waals surface area contributed by atoms with Crippen molar-refractivity contribution in [2.45, 2.75) is 17.7 Å². The summed E-state index contributed by atoms with van der Waals surface area (Å²) in [7, 11) is -3.67. The van der Waals surface area contributed by atoms with Gasteiger partial charge in [0.25, 0.3) is 0 Å². The van der Waals surface area contributed by atoms with Crippen molar-refractivity contribution in [1.29, 1.82) is 0 Å². The van der Waals surface area contributed by atoms with Crippen LogP contribution in [0, 0.1) is 5.92 Å². The zero-order valence-electron chi connectivity index (χ0n) is 16.7. The number of carbonyl (C=O) groups excluding carboxylic acids is 1. The Bertz CT molecular complexity index is 1380. The van der Waals surface area contributed by atoms with Gasteiger partial charge in [-0.05, 0) is 65.5 Å². The Labute approximate surface area is 184 Å². The van der Waals surface area contributed by atoms with E-state index in [9.17, 15) is 13.2 Å². The highest BCUT2D eigenvalue weighted by Crippen LogP contribution is 2.28. The molecule has 31 heavy (non-hydrogen) atoms. The summed E-state index contributed by atoms with van der Waals surface area (Å²) in [6.07, 6.45) is 3.09. The number of sulfonamides is 1. The monoisotopic (exact) mass is 451 g/mol. The molecular weight excluding hydrogens is 430 g/mol. The molecule has 1 saturated heterocycles. The molecule has 1 N–H and O–H groups in total. The van der Waals surface area contributed by atoms with Crippen LogP contribution in [-0.2, 0) is 14.8 Å². The van der Waals surface area contributed by atoms with Gasteiger partial charge in [-0.3, -0.25) is 4.79 Å². The standard InChI is InChI=1S/C23H21N3O3S2/c27-23(25-20-8-10-22-19(12-20)14-24-30-22)18-6-3-11-26(15-18)31(28,29)21-9-7-16-4-1-2-5-17(16)13-21/h1-2,4-5,7-10,12-14,18H,3,6,11,15H2,(H,25,27). The summed E-state index contributed by atoms with van der Waals surface area (Å²) in [6.45, 7) is 0.606. The summed E-state index contributed by atoms with van der Waals surface area (Å²) < 4.78 is 33.2. The highest BCUT2D eigenvalue weighted by atomic mass is 32.2. The van der Waals surface area contributed by atoms with Crippen molar-refractivity contribution in [3.05, 3.63) is 66.9 Å². The van der Waals surface area contributed by atoms with Crippen LogP contribution >= 0.6 is 11.5 Å². The molecule has 5 rings (SSSR count). The van der Waals surface area contributed by atoms with Crippen LogP contribution in [0.1, 0.15) is 12.8 Å². The first-order valence-electron chi connectivity index (χ1n) is 10.1. The number of piperidine rings is 1. The SMILES string of the molecule is O=C(Nc1ccc2sncc2c1)C1CCCN(S(=O)(=O)c2ccc3ccccc3c2)C1. The molecule has 0 saturated carbocycles. The van der Waals surface area contributed by atoms with Crippen molar-refractivity contribution in [2.24, 2.45) is 5.92 Å². The number of fused-ring (bicyclic) bond motifs is 2. The Morgan fingerprint density at radius 1 is 1.03 bits per heavy atom. The Balaban J connectivity index is 1.34. The maximum atomic E-state index is 13.3. The quantitative estimate of drug-likeness (QED) is 0.496. The van der Waals surface area contributed by atoms with Crippen molar-refractivity contribution >= 4 is 54.0 Å². The normalized spacial score (nSPS) is 17.7. The number of hydrogen-bond acceptors (Lipinski definition) is 5. The number of aromatic nitrogens is 1. The Kier molecular flexibility index (Phi) is 5.21. The van der Waals surface area contributed by atoms with Gasteiger partial charge in [-0.1, -0.05) is 30.3 Å². The fourth-order valence-electron chi connectivity index (χ4n) is 4.05. The van der Waals surface area contributed by atoms with E-state index in [1.807, 2.05) is 48.5 Å². The van der Waals surface area contributed by atoms with E-state index in [0.717, 1.165) is 20.9 Å². The van der Waals surface area contributed by atoms with Crippen LogP contribution in [0.2, 0.25) is 0 Å². The molecule has 1 aliphatic heterocycles. The highest BCUT2D eigenvalue weighted by molar-refractivity contribution is 7.89. The van der Waals surface area contributed by atoms with Crippen molar-refractivity contribution in [1.82, 2.24) is 8.68 Å². The lowest BCUT2D eigenvalue weighted by molar-refractivity contribution is -0.120. The zero-order chi connectivity index (χ0) is 21.4. The minimum Gasteiger partial charge on any atom is -0.326 e. The minimum absolute atomic E-state index is 0.152. The Morgan fingerprint density at radius 2 is 1.87 bits per heavy atom. The van der Waals surface area contributed by atoms with Crippen molar-refractivity contribution in [2.75, 3.05) is 18.4 Å². The third kappa shape index (κ3) is 3.94. The van der Waals surface area contributed by atoms with Gasteiger partial charge in [0.1, 0.15) is 0 Å². The lowest BCUT2D eigenvalue weighted by atomic mass is 9.98. The van der Waals surface area contributed by atoms with Gasteiger partial charge in [0, 0.05) is 30.4 Å². The molecule has 0 aliphatic carbocycles. The maximum Gasteiger partial charge on any atom is 0.243 e. The summed E-state index contributed by atoms with van der Waals surface area (Å²) in [5.74, 6) is -0.541. The summed E-state index contributed by atoms with van der Waals surface area (Å²) in [5.41, 5.74) is 0.701. The van der Waals surface area contributed by atoms with Gasteiger partial charge in [-0.25, -0.2) is 8.42 Å². The molecule has 3 aromatic carbocycles. The third-order valence-corrected chi connectivity index (χ3v) is 8.37. The van der Waals surface area contributed by atoms with Crippen LogP contribution in [0.3, 0.4) is 0 Å². The smallest absolute Gasteiger partial charge is 0.243 e. The van der Waals surface area contributed by atoms with E-state index >= 15 is 0 Å². The van der Waals surface area contributed by atoms with Gasteiger partial charge in [-0.2, -0.15) is 8.68 Å². The number of anilines is 1. The Hall–Kier alpha value is -2.81. The average Bonchev–Trinajstić information content (AvgIpc) is 3.27. The molecule has 1 atom stereocenters. The molecule has 0 spiro atoms. The van der Waals surface area contributed by atoms with Gasteiger partial charge < -0.3 is 5.32 Å². The third-order valence-electron chi connectivity index (χ3n) is 5.73. The van der Waals surface area contributed by atoms with E-state index in [1.165, 1.54) is 15.8 Å². The molecular formula is C23H21N3O3S2. The average molecular weight is 452 g/mol. The van der Waals surface area contributed by atoms with E-state index in [0.29, 0.717) is 25.1 Å². The number of amides is 1. The molecule has 1 unspecified atom stereocenters. The fraction of sp³-hybridized carbons (Fsp3) is 0.217. The predicted octanol–water partition coefficient (Wildman–Crippen LogP) is 4.49. The van der Waals surface area contributed by atoms with Crippen LogP contribution < -0.4 is 5.32 Å². The summed E-state index contributed by atoms with van der Waals surface area (Å²) in [5, 5.41) is 5.80. The molecule has 158 valence electrons. The molecule has 1 aliphatic rings. The molecule has 6 nitrogen and oxygen atoms in total. The maximum absolute atomic E-state index is 13.3. The summed E-state index contributed by atoms with van der Waals surface area (Å²) >= 11 is 1.41. The van der Waals surface area contributed by atoms with Crippen LogP contribution in [-0.4, -0.2) is 36.1 Å². The molecule has 8 heteroatoms. The van der Waals surface area contributed by atoms with Crippen LogP contribution in [0.5, 0.6) is 0 Å². The summed E-state index contributed by atoms with van der Waals surface area (Å²) in [6, 6.07) is 18.5. The fourth-order valence-corrected chi connectivity index (χ4v) is 6.23. The van der Waals surface area contributed by atoms with Crippen molar-refractivity contribution in [3.63, 3.8) is 0 Å². The second-order valence-corrected chi connectivity index (χ2v) is 10.5. The van der Waals surface area contributed by atoms with E-state index in [1.54, 1.807) is 18.3 Å². The first kappa shape index (κ1) is 20.1. The zero-order valence-corrected chi connectivity index (χ0v) is 18.3. The first-order valence-corrected chi connectivity index (χ1v) is 12.4. The first-order chi connectivity index (χ1) is 15.0. The Morgan fingerprint density at radius 3 is 2.74 bits per heavy atom. The highest BCUT2D eigenvalue weighted by Gasteiger charge is 2.33. The van der Waals surface area contributed by atoms with Crippen LogP contribution in [0.25, 0.3) is 20.9 Å². The van der Waals surface area contributed by atoms with Gasteiger partial charge in [0.2, 0.25) is 15.9 Å². The topological polar surface area (TPSA) is 79.4 Å². The second kappa shape index (κ2) is 8.03. The lowest BCUT2D eigenvalue weighted by Crippen LogP contribution is -2.43. The molecule has 2 heterocycles. The summed E-state index contributed by atoms with van der Waals surface area (Å²) in [4.78, 5) is 13.1. The van der Waals surface area contributed by atoms with Gasteiger partial charge >= 0.3 is 0 Å². The van der Waals surface area contributed by atoms with Gasteiger partial charge in [0.15, 0.2) is 0 Å². The molecule has 1 fully saturated rings. The number of rotatable bonds is 4. The second-order valence-electron chi connectivity index (χ2n) is 7.78. The predicted molar refractivity (Wildman–Crippen MR) is 124 cm³/mol. The number of carbonyl (C=O) groups is 1.